The molecule has 5 heteroatoms. The first-order valence-corrected chi connectivity index (χ1v) is 7.40. The van der Waals surface area contributed by atoms with Crippen LogP contribution in [0, 0.1) is 5.92 Å². The van der Waals surface area contributed by atoms with Crippen molar-refractivity contribution in [1.29, 1.82) is 0 Å². The van der Waals surface area contributed by atoms with E-state index < -0.39 is 0 Å². The fourth-order valence-electron chi connectivity index (χ4n) is 2.00. The second-order valence-corrected chi connectivity index (χ2v) is 5.72. The Hall–Kier alpha value is -1.59. The fourth-order valence-corrected chi connectivity index (χ4v) is 2.00. The van der Waals surface area contributed by atoms with Crippen molar-refractivity contribution < 1.29 is 9.53 Å². The number of nitrogens with zero attached hydrogens (tertiary/aromatic N) is 1. The Kier molecular flexibility index (Phi) is 7.79. The Morgan fingerprint density at radius 1 is 1.33 bits per heavy atom. The van der Waals surface area contributed by atoms with E-state index in [-0.39, 0.29) is 12.5 Å². The first kappa shape index (κ1) is 17.5. The maximum atomic E-state index is 11.2. The number of nitrogens with two attached hydrogens (primary N) is 2. The van der Waals surface area contributed by atoms with E-state index in [1.165, 1.54) is 0 Å². The largest absolute Gasteiger partial charge is 0.399 e. The maximum absolute atomic E-state index is 11.2. The van der Waals surface area contributed by atoms with Crippen molar-refractivity contribution in [2.75, 3.05) is 32.0 Å². The van der Waals surface area contributed by atoms with Crippen molar-refractivity contribution in [2.24, 2.45) is 11.7 Å². The van der Waals surface area contributed by atoms with E-state index in [1.54, 1.807) is 0 Å². The molecule has 0 fully saturated rings. The van der Waals surface area contributed by atoms with Gasteiger partial charge in [0.1, 0.15) is 0 Å². The average Bonchev–Trinajstić information content (AvgIpc) is 2.37. The van der Waals surface area contributed by atoms with Crippen LogP contribution in [-0.4, -0.2) is 37.1 Å². The van der Waals surface area contributed by atoms with E-state index in [0.29, 0.717) is 25.6 Å². The van der Waals surface area contributed by atoms with Gasteiger partial charge in [0, 0.05) is 25.4 Å². The van der Waals surface area contributed by atoms with Gasteiger partial charge < -0.3 is 16.2 Å². The minimum atomic E-state index is -0.332. The maximum Gasteiger partial charge on any atom is 0.231 e. The van der Waals surface area contributed by atoms with E-state index in [2.05, 4.69) is 13.8 Å². The molecule has 0 aliphatic heterocycles. The molecule has 0 unspecified atom stereocenters. The van der Waals surface area contributed by atoms with Crippen LogP contribution in [-0.2, 0) is 16.1 Å². The minimum absolute atomic E-state index is 0.225. The summed E-state index contributed by atoms with van der Waals surface area (Å²) < 4.78 is 5.60. The molecule has 0 bridgehead atoms. The summed E-state index contributed by atoms with van der Waals surface area (Å²) in [6.45, 7) is 7.23. The van der Waals surface area contributed by atoms with E-state index >= 15 is 0 Å². The molecular weight excluding hydrogens is 266 g/mol. The highest BCUT2D eigenvalue weighted by molar-refractivity contribution is 5.75. The summed E-state index contributed by atoms with van der Waals surface area (Å²) in [7, 11) is 0. The van der Waals surface area contributed by atoms with Gasteiger partial charge >= 0.3 is 0 Å². The molecule has 0 heterocycles. The topological polar surface area (TPSA) is 81.6 Å². The Morgan fingerprint density at radius 2 is 2.10 bits per heavy atom. The number of anilines is 1. The zero-order chi connectivity index (χ0) is 15.7. The van der Waals surface area contributed by atoms with Gasteiger partial charge in [-0.15, -0.1) is 0 Å². The van der Waals surface area contributed by atoms with E-state index in [4.69, 9.17) is 16.2 Å². The third-order valence-electron chi connectivity index (χ3n) is 3.13. The summed E-state index contributed by atoms with van der Waals surface area (Å²) in [5.74, 6) is 0.306. The van der Waals surface area contributed by atoms with Gasteiger partial charge in [-0.3, -0.25) is 9.69 Å². The first-order valence-electron chi connectivity index (χ1n) is 7.40. The van der Waals surface area contributed by atoms with Crippen LogP contribution in [0.2, 0.25) is 0 Å². The monoisotopic (exact) mass is 293 g/mol. The van der Waals surface area contributed by atoms with Gasteiger partial charge in [-0.2, -0.15) is 0 Å². The summed E-state index contributed by atoms with van der Waals surface area (Å²) in [6, 6.07) is 7.65. The number of primary amides is 1. The Balaban J connectivity index is 2.42. The predicted molar refractivity (Wildman–Crippen MR) is 85.6 cm³/mol. The number of carbonyl (C=O) groups excluding carboxylic acids is 1. The molecule has 0 spiro atoms. The molecule has 1 aromatic rings. The molecule has 0 radical (unpaired) electrons. The Morgan fingerprint density at radius 3 is 2.71 bits per heavy atom. The van der Waals surface area contributed by atoms with Gasteiger partial charge in [-0.1, -0.05) is 26.0 Å². The van der Waals surface area contributed by atoms with Gasteiger partial charge in [-0.25, -0.2) is 0 Å². The first-order chi connectivity index (χ1) is 9.97. The van der Waals surface area contributed by atoms with Gasteiger partial charge in [0.15, 0.2) is 0 Å². The lowest BCUT2D eigenvalue weighted by atomic mass is 10.1. The summed E-state index contributed by atoms with van der Waals surface area (Å²) in [5, 5.41) is 0. The van der Waals surface area contributed by atoms with Crippen molar-refractivity contribution in [3.05, 3.63) is 29.8 Å². The number of amides is 1. The van der Waals surface area contributed by atoms with Crippen molar-refractivity contribution >= 4 is 11.6 Å². The second kappa shape index (κ2) is 9.37. The number of hydrogen-bond acceptors (Lipinski definition) is 4. The molecule has 0 saturated heterocycles. The third-order valence-corrected chi connectivity index (χ3v) is 3.13. The number of nitrogen functional groups attached to an aromatic ring is 1. The molecule has 118 valence electrons. The lowest BCUT2D eigenvalue weighted by Crippen LogP contribution is -2.35. The zero-order valence-corrected chi connectivity index (χ0v) is 13.0. The van der Waals surface area contributed by atoms with Gasteiger partial charge in [0.25, 0.3) is 0 Å². The van der Waals surface area contributed by atoms with E-state index in [9.17, 15) is 4.79 Å². The molecule has 1 amide bonds. The molecule has 0 aliphatic carbocycles. The molecule has 21 heavy (non-hydrogen) atoms. The van der Waals surface area contributed by atoms with Crippen LogP contribution in [0.25, 0.3) is 0 Å². The SMILES string of the molecule is CC(C)CCOCCN(CC(N)=O)Cc1cccc(N)c1. The van der Waals surface area contributed by atoms with Crippen molar-refractivity contribution in [3.8, 4) is 0 Å². The number of hydrogen-bond donors (Lipinski definition) is 2. The lowest BCUT2D eigenvalue weighted by Gasteiger charge is -2.21. The number of rotatable bonds is 10. The quantitative estimate of drug-likeness (QED) is 0.507. The molecular formula is C16H27N3O2. The number of ether oxygens (including phenoxy) is 1. The number of carbonyl (C=O) groups is 1. The van der Waals surface area contributed by atoms with Crippen LogP contribution < -0.4 is 11.5 Å². The highest BCUT2D eigenvalue weighted by Crippen LogP contribution is 2.09. The molecule has 1 rings (SSSR count). The summed E-state index contributed by atoms with van der Waals surface area (Å²) >= 11 is 0. The molecule has 4 N–H and O–H groups in total. The normalized spacial score (nSPS) is 11.2. The molecule has 0 aromatic heterocycles. The summed E-state index contributed by atoms with van der Waals surface area (Å²) in [6.07, 6.45) is 1.05. The molecule has 1 aromatic carbocycles. The second-order valence-electron chi connectivity index (χ2n) is 5.72. The fraction of sp³-hybridized carbons (Fsp3) is 0.562. The molecule has 0 atom stereocenters. The van der Waals surface area contributed by atoms with E-state index in [0.717, 1.165) is 24.3 Å². The molecule has 0 aliphatic rings. The molecule has 0 saturated carbocycles. The predicted octanol–water partition coefficient (Wildman–Crippen LogP) is 1.62. The number of benzene rings is 1. The van der Waals surface area contributed by atoms with Crippen molar-refractivity contribution in [1.82, 2.24) is 4.90 Å². The van der Waals surface area contributed by atoms with Gasteiger partial charge in [-0.05, 0) is 30.0 Å². The Bertz CT molecular complexity index is 435. The lowest BCUT2D eigenvalue weighted by molar-refractivity contribution is -0.119. The highest BCUT2D eigenvalue weighted by Gasteiger charge is 2.09. The zero-order valence-electron chi connectivity index (χ0n) is 13.0. The third kappa shape index (κ3) is 8.32. The Labute approximate surface area is 127 Å². The van der Waals surface area contributed by atoms with Crippen molar-refractivity contribution in [3.63, 3.8) is 0 Å². The standard InChI is InChI=1S/C16H27N3O2/c1-13(2)6-8-21-9-7-19(12-16(18)20)11-14-4-3-5-15(17)10-14/h3-5,10,13H,6-9,11-12,17H2,1-2H3,(H2,18,20). The van der Waals surface area contributed by atoms with Crippen LogP contribution in [0.3, 0.4) is 0 Å². The van der Waals surface area contributed by atoms with Gasteiger partial charge in [0.2, 0.25) is 5.91 Å². The van der Waals surface area contributed by atoms with Crippen LogP contribution in [0.5, 0.6) is 0 Å². The molecule has 5 nitrogen and oxygen atoms in total. The van der Waals surface area contributed by atoms with Crippen LogP contribution in [0.15, 0.2) is 24.3 Å². The summed E-state index contributed by atoms with van der Waals surface area (Å²) in [4.78, 5) is 13.1. The van der Waals surface area contributed by atoms with Crippen molar-refractivity contribution in [2.45, 2.75) is 26.8 Å². The smallest absolute Gasteiger partial charge is 0.231 e. The van der Waals surface area contributed by atoms with Crippen LogP contribution in [0.1, 0.15) is 25.8 Å². The van der Waals surface area contributed by atoms with Gasteiger partial charge in [0.05, 0.1) is 13.2 Å². The summed E-state index contributed by atoms with van der Waals surface area (Å²) in [5.41, 5.74) is 12.9. The van der Waals surface area contributed by atoms with Crippen LogP contribution >= 0.6 is 0 Å². The average molecular weight is 293 g/mol. The highest BCUT2D eigenvalue weighted by atomic mass is 16.5. The van der Waals surface area contributed by atoms with E-state index in [1.807, 2.05) is 29.2 Å². The minimum Gasteiger partial charge on any atom is -0.399 e. The van der Waals surface area contributed by atoms with Crippen LogP contribution in [0.4, 0.5) is 5.69 Å².